The molecular formula is C14H15NO3S2. The fourth-order valence-corrected chi connectivity index (χ4v) is 3.07. The van der Waals surface area contributed by atoms with E-state index in [4.69, 9.17) is 21.7 Å². The molecule has 1 aromatic carbocycles. The van der Waals surface area contributed by atoms with Crippen LogP contribution in [0.15, 0.2) is 29.2 Å². The summed E-state index contributed by atoms with van der Waals surface area (Å²) in [6, 6.07) is 7.55. The summed E-state index contributed by atoms with van der Waals surface area (Å²) in [6.07, 6.45) is 1.83. The van der Waals surface area contributed by atoms with Crippen LogP contribution in [0.1, 0.15) is 5.56 Å². The molecule has 1 saturated heterocycles. The number of nitrogens with zero attached hydrogens (tertiary/aromatic N) is 1. The molecule has 0 bridgehead atoms. The highest BCUT2D eigenvalue weighted by molar-refractivity contribution is 8.26. The lowest BCUT2D eigenvalue weighted by Crippen LogP contribution is -2.31. The minimum absolute atomic E-state index is 0.0696. The van der Waals surface area contributed by atoms with E-state index in [1.165, 1.54) is 11.8 Å². The Bertz CT molecular complexity index is 557. The van der Waals surface area contributed by atoms with Crippen LogP contribution in [0.4, 0.5) is 0 Å². The van der Waals surface area contributed by atoms with Crippen LogP contribution in [0.5, 0.6) is 5.75 Å². The van der Waals surface area contributed by atoms with Crippen LogP contribution >= 0.6 is 24.0 Å². The number of thioether (sulfide) groups is 1. The Kier molecular flexibility index (Phi) is 5.17. The summed E-state index contributed by atoms with van der Waals surface area (Å²) in [5, 5.41) is 0. The van der Waals surface area contributed by atoms with E-state index in [1.807, 2.05) is 30.3 Å². The van der Waals surface area contributed by atoms with Gasteiger partial charge in [-0.25, -0.2) is 0 Å². The van der Waals surface area contributed by atoms with E-state index in [-0.39, 0.29) is 5.91 Å². The third kappa shape index (κ3) is 3.39. The normalized spacial score (nSPS) is 17.1. The maximum absolute atomic E-state index is 12.2. The monoisotopic (exact) mass is 309 g/mol. The topological polar surface area (TPSA) is 38.8 Å². The first kappa shape index (κ1) is 15.0. The number of carbonyl (C=O) groups is 1. The van der Waals surface area contributed by atoms with Crippen LogP contribution in [0.3, 0.4) is 0 Å². The zero-order valence-corrected chi connectivity index (χ0v) is 12.9. The molecule has 20 heavy (non-hydrogen) atoms. The second-order valence-electron chi connectivity index (χ2n) is 4.10. The minimum atomic E-state index is -0.0696. The SMILES string of the molecule is COCCN1C(=O)/C(=C/c2cccc(OC)c2)SC1=S. The summed E-state index contributed by atoms with van der Waals surface area (Å²) in [6.45, 7) is 0.954. The van der Waals surface area contributed by atoms with Gasteiger partial charge in [-0.15, -0.1) is 0 Å². The highest BCUT2D eigenvalue weighted by Crippen LogP contribution is 2.32. The minimum Gasteiger partial charge on any atom is -0.497 e. The van der Waals surface area contributed by atoms with Crippen molar-refractivity contribution < 1.29 is 14.3 Å². The van der Waals surface area contributed by atoms with Crippen molar-refractivity contribution in [3.63, 3.8) is 0 Å². The van der Waals surface area contributed by atoms with Gasteiger partial charge in [0.15, 0.2) is 0 Å². The number of carbonyl (C=O) groups excluding carboxylic acids is 1. The molecule has 106 valence electrons. The smallest absolute Gasteiger partial charge is 0.266 e. The number of rotatable bonds is 5. The van der Waals surface area contributed by atoms with Crippen molar-refractivity contribution in [2.24, 2.45) is 0 Å². The number of hydrogen-bond acceptors (Lipinski definition) is 5. The average molecular weight is 309 g/mol. The van der Waals surface area contributed by atoms with Crippen LogP contribution in [0.2, 0.25) is 0 Å². The van der Waals surface area contributed by atoms with Crippen molar-refractivity contribution in [3.05, 3.63) is 34.7 Å². The zero-order valence-electron chi connectivity index (χ0n) is 11.3. The summed E-state index contributed by atoms with van der Waals surface area (Å²) < 4.78 is 10.7. The average Bonchev–Trinajstić information content (AvgIpc) is 2.72. The number of amides is 1. The maximum atomic E-state index is 12.2. The van der Waals surface area contributed by atoms with Gasteiger partial charge in [0.25, 0.3) is 5.91 Å². The van der Waals surface area contributed by atoms with Crippen molar-refractivity contribution in [2.75, 3.05) is 27.4 Å². The molecule has 0 aliphatic carbocycles. The Balaban J connectivity index is 2.18. The predicted molar refractivity (Wildman–Crippen MR) is 84.7 cm³/mol. The molecular weight excluding hydrogens is 294 g/mol. The second kappa shape index (κ2) is 6.88. The Morgan fingerprint density at radius 1 is 1.40 bits per heavy atom. The molecule has 1 heterocycles. The van der Waals surface area contributed by atoms with Gasteiger partial charge in [0, 0.05) is 7.11 Å². The fourth-order valence-electron chi connectivity index (χ4n) is 1.76. The predicted octanol–water partition coefficient (Wildman–Crippen LogP) is 2.54. The van der Waals surface area contributed by atoms with E-state index in [2.05, 4.69) is 0 Å². The molecule has 1 amide bonds. The highest BCUT2D eigenvalue weighted by Gasteiger charge is 2.31. The molecule has 0 unspecified atom stereocenters. The molecule has 0 aromatic heterocycles. The summed E-state index contributed by atoms with van der Waals surface area (Å²) in [4.78, 5) is 14.4. The Morgan fingerprint density at radius 3 is 2.90 bits per heavy atom. The van der Waals surface area contributed by atoms with Gasteiger partial charge in [-0.05, 0) is 23.8 Å². The highest BCUT2D eigenvalue weighted by atomic mass is 32.2. The molecule has 0 radical (unpaired) electrons. The van der Waals surface area contributed by atoms with Crippen molar-refractivity contribution in [1.82, 2.24) is 4.90 Å². The van der Waals surface area contributed by atoms with Gasteiger partial charge in [-0.3, -0.25) is 9.69 Å². The quantitative estimate of drug-likeness (QED) is 0.617. The molecule has 0 atom stereocenters. The molecule has 0 N–H and O–H groups in total. The summed E-state index contributed by atoms with van der Waals surface area (Å²) in [7, 11) is 3.22. The zero-order chi connectivity index (χ0) is 14.5. The molecule has 0 saturated carbocycles. The van der Waals surface area contributed by atoms with Gasteiger partial charge in [-0.1, -0.05) is 36.1 Å². The molecule has 1 aliphatic heterocycles. The molecule has 6 heteroatoms. The Morgan fingerprint density at radius 2 is 2.20 bits per heavy atom. The van der Waals surface area contributed by atoms with Crippen LogP contribution in [-0.4, -0.2) is 42.5 Å². The summed E-state index contributed by atoms with van der Waals surface area (Å²) in [5.74, 6) is 0.688. The number of hydrogen-bond donors (Lipinski definition) is 0. The van der Waals surface area contributed by atoms with Gasteiger partial charge in [0.05, 0.1) is 25.2 Å². The third-order valence-corrected chi connectivity index (χ3v) is 4.16. The standard InChI is InChI=1S/C14H15NO3S2/c1-17-7-6-15-13(16)12(20-14(15)19)9-10-4-3-5-11(8-10)18-2/h3-5,8-9H,6-7H2,1-2H3/b12-9-. The van der Waals surface area contributed by atoms with Gasteiger partial charge in [-0.2, -0.15) is 0 Å². The van der Waals surface area contributed by atoms with Gasteiger partial charge >= 0.3 is 0 Å². The molecule has 1 aromatic rings. The van der Waals surface area contributed by atoms with E-state index in [0.29, 0.717) is 22.4 Å². The maximum Gasteiger partial charge on any atom is 0.266 e. The Hall–Kier alpha value is -1.37. The van der Waals surface area contributed by atoms with E-state index >= 15 is 0 Å². The third-order valence-electron chi connectivity index (χ3n) is 2.78. The van der Waals surface area contributed by atoms with E-state index in [0.717, 1.165) is 11.3 Å². The number of ether oxygens (including phenoxy) is 2. The lowest BCUT2D eigenvalue weighted by Gasteiger charge is -2.12. The van der Waals surface area contributed by atoms with Crippen molar-refractivity contribution in [2.45, 2.75) is 0 Å². The molecule has 1 fully saturated rings. The van der Waals surface area contributed by atoms with Gasteiger partial charge < -0.3 is 9.47 Å². The fraction of sp³-hybridized carbons (Fsp3) is 0.286. The van der Waals surface area contributed by atoms with Crippen molar-refractivity contribution >= 4 is 40.3 Å². The van der Waals surface area contributed by atoms with Crippen LogP contribution in [0, 0.1) is 0 Å². The molecule has 2 rings (SSSR count). The molecule has 1 aliphatic rings. The molecule has 0 spiro atoms. The van der Waals surface area contributed by atoms with E-state index in [9.17, 15) is 4.79 Å². The van der Waals surface area contributed by atoms with E-state index in [1.54, 1.807) is 19.1 Å². The number of methoxy groups -OCH3 is 2. The van der Waals surface area contributed by atoms with Crippen molar-refractivity contribution in [1.29, 1.82) is 0 Å². The van der Waals surface area contributed by atoms with Gasteiger partial charge in [0.1, 0.15) is 10.1 Å². The number of thiocarbonyl (C=S) groups is 1. The molecule has 4 nitrogen and oxygen atoms in total. The summed E-state index contributed by atoms with van der Waals surface area (Å²) in [5.41, 5.74) is 0.914. The second-order valence-corrected chi connectivity index (χ2v) is 5.78. The first-order valence-electron chi connectivity index (χ1n) is 6.04. The van der Waals surface area contributed by atoms with Crippen molar-refractivity contribution in [3.8, 4) is 5.75 Å². The van der Waals surface area contributed by atoms with Crippen LogP contribution < -0.4 is 4.74 Å². The Labute approximate surface area is 127 Å². The van der Waals surface area contributed by atoms with Crippen LogP contribution in [-0.2, 0) is 9.53 Å². The van der Waals surface area contributed by atoms with Gasteiger partial charge in [0.2, 0.25) is 0 Å². The lowest BCUT2D eigenvalue weighted by molar-refractivity contribution is -0.122. The summed E-state index contributed by atoms with van der Waals surface area (Å²) >= 11 is 6.53. The van der Waals surface area contributed by atoms with Crippen LogP contribution in [0.25, 0.3) is 6.08 Å². The van der Waals surface area contributed by atoms with E-state index < -0.39 is 0 Å². The first-order valence-corrected chi connectivity index (χ1v) is 7.26. The first-order chi connectivity index (χ1) is 9.65. The largest absolute Gasteiger partial charge is 0.497 e. The number of benzene rings is 1. The lowest BCUT2D eigenvalue weighted by atomic mass is 10.2.